The van der Waals surface area contributed by atoms with Crippen molar-refractivity contribution in [1.82, 2.24) is 0 Å². The molecule has 2 rings (SSSR count). The molecule has 1 unspecified atom stereocenters. The zero-order valence-electron chi connectivity index (χ0n) is 9.61. The fraction of sp³-hybridized carbons (Fsp3) is 0.538. The summed E-state index contributed by atoms with van der Waals surface area (Å²) in [6.45, 7) is 5.60. The van der Waals surface area contributed by atoms with Gasteiger partial charge in [-0.05, 0) is 38.8 Å². The lowest BCUT2D eigenvalue weighted by atomic mass is 9.85. The molecule has 2 nitrogen and oxygen atoms in total. The number of benzene rings is 1. The lowest BCUT2D eigenvalue weighted by Crippen LogP contribution is -2.59. The van der Waals surface area contributed by atoms with Gasteiger partial charge in [-0.25, -0.2) is 0 Å². The first-order chi connectivity index (χ1) is 7.12. The molecule has 0 radical (unpaired) electrons. The van der Waals surface area contributed by atoms with E-state index in [1.54, 1.807) is 0 Å². The Morgan fingerprint density at radius 3 is 2.60 bits per heavy atom. The van der Waals surface area contributed by atoms with Crippen LogP contribution in [0.25, 0.3) is 0 Å². The van der Waals surface area contributed by atoms with Crippen molar-refractivity contribution in [3.8, 4) is 0 Å². The molecule has 15 heavy (non-hydrogen) atoms. The van der Waals surface area contributed by atoms with Crippen LogP contribution in [0.2, 0.25) is 0 Å². The molecule has 1 fully saturated rings. The molecular weight excluding hydrogens is 184 g/mol. The van der Waals surface area contributed by atoms with Crippen molar-refractivity contribution in [2.24, 2.45) is 5.73 Å². The number of nitrogens with zero attached hydrogens (tertiary/aromatic N) is 1. The molecule has 1 heterocycles. The van der Waals surface area contributed by atoms with Crippen LogP contribution >= 0.6 is 0 Å². The number of rotatable bonds is 1. The summed E-state index contributed by atoms with van der Waals surface area (Å²) in [5.74, 6) is 0. The van der Waals surface area contributed by atoms with E-state index >= 15 is 0 Å². The van der Waals surface area contributed by atoms with Gasteiger partial charge in [0.25, 0.3) is 0 Å². The van der Waals surface area contributed by atoms with Gasteiger partial charge in [0, 0.05) is 23.8 Å². The monoisotopic (exact) mass is 204 g/mol. The van der Waals surface area contributed by atoms with Crippen LogP contribution in [-0.4, -0.2) is 18.1 Å². The van der Waals surface area contributed by atoms with Crippen LogP contribution in [0, 0.1) is 0 Å². The van der Waals surface area contributed by atoms with E-state index in [0.29, 0.717) is 0 Å². The van der Waals surface area contributed by atoms with Gasteiger partial charge in [0.1, 0.15) is 0 Å². The molecule has 1 aliphatic heterocycles. The average molecular weight is 204 g/mol. The second-order valence-electron chi connectivity index (χ2n) is 4.89. The van der Waals surface area contributed by atoms with Crippen molar-refractivity contribution in [3.05, 3.63) is 30.3 Å². The minimum Gasteiger partial charge on any atom is -0.365 e. The van der Waals surface area contributed by atoms with Crippen molar-refractivity contribution >= 4 is 5.69 Å². The topological polar surface area (TPSA) is 29.3 Å². The van der Waals surface area contributed by atoms with Gasteiger partial charge in [-0.3, -0.25) is 0 Å². The number of anilines is 1. The Morgan fingerprint density at radius 1 is 1.27 bits per heavy atom. The summed E-state index contributed by atoms with van der Waals surface area (Å²) in [5, 5.41) is 0. The molecular formula is C13H20N2. The highest BCUT2D eigenvalue weighted by atomic mass is 15.2. The molecule has 0 saturated carbocycles. The smallest absolute Gasteiger partial charge is 0.0496 e. The maximum Gasteiger partial charge on any atom is 0.0496 e. The quantitative estimate of drug-likeness (QED) is 0.761. The predicted molar refractivity (Wildman–Crippen MR) is 65.1 cm³/mol. The molecule has 1 aromatic rings. The fourth-order valence-corrected chi connectivity index (χ4v) is 2.38. The molecule has 1 aromatic carbocycles. The van der Waals surface area contributed by atoms with Crippen molar-refractivity contribution in [2.45, 2.75) is 38.3 Å². The number of piperidine rings is 1. The van der Waals surface area contributed by atoms with E-state index in [1.165, 1.54) is 12.1 Å². The van der Waals surface area contributed by atoms with E-state index in [1.807, 2.05) is 0 Å². The Hall–Kier alpha value is -1.02. The first-order valence-electron chi connectivity index (χ1n) is 5.70. The Labute approximate surface area is 92.1 Å². The van der Waals surface area contributed by atoms with Crippen LogP contribution in [0.15, 0.2) is 30.3 Å². The number of para-hydroxylation sites is 1. The largest absolute Gasteiger partial charge is 0.365 e. The minimum atomic E-state index is 0.0691. The van der Waals surface area contributed by atoms with Gasteiger partial charge in [-0.1, -0.05) is 18.2 Å². The summed E-state index contributed by atoms with van der Waals surface area (Å²) in [6, 6.07) is 10.8. The number of hydrogen-bond donors (Lipinski definition) is 1. The molecule has 0 aliphatic carbocycles. The van der Waals surface area contributed by atoms with Crippen LogP contribution < -0.4 is 10.6 Å². The van der Waals surface area contributed by atoms with Crippen molar-refractivity contribution in [1.29, 1.82) is 0 Å². The van der Waals surface area contributed by atoms with Gasteiger partial charge in [0.15, 0.2) is 0 Å². The first kappa shape index (κ1) is 10.5. The summed E-state index contributed by atoms with van der Waals surface area (Å²) < 4.78 is 0. The van der Waals surface area contributed by atoms with Gasteiger partial charge < -0.3 is 10.6 Å². The van der Waals surface area contributed by atoms with E-state index in [-0.39, 0.29) is 11.6 Å². The van der Waals surface area contributed by atoms with Gasteiger partial charge >= 0.3 is 0 Å². The maximum atomic E-state index is 6.20. The van der Waals surface area contributed by atoms with Gasteiger partial charge in [0.2, 0.25) is 0 Å². The molecule has 0 bridgehead atoms. The third kappa shape index (κ3) is 1.86. The van der Waals surface area contributed by atoms with E-state index in [9.17, 15) is 0 Å². The first-order valence-corrected chi connectivity index (χ1v) is 5.70. The van der Waals surface area contributed by atoms with Gasteiger partial charge in [-0.15, -0.1) is 0 Å². The summed E-state index contributed by atoms with van der Waals surface area (Å²) in [6.07, 6.45) is 2.33. The van der Waals surface area contributed by atoms with Crippen LogP contribution in [0.3, 0.4) is 0 Å². The third-order valence-electron chi connectivity index (χ3n) is 3.57. The Bertz CT molecular complexity index is 319. The molecule has 1 aliphatic rings. The van der Waals surface area contributed by atoms with Crippen LogP contribution in [0.1, 0.15) is 26.7 Å². The normalized spacial score (nSPS) is 25.3. The van der Waals surface area contributed by atoms with Gasteiger partial charge in [-0.2, -0.15) is 0 Å². The highest BCUT2D eigenvalue weighted by Gasteiger charge is 2.36. The zero-order valence-corrected chi connectivity index (χ0v) is 9.61. The second kappa shape index (κ2) is 3.86. The van der Waals surface area contributed by atoms with E-state index in [4.69, 9.17) is 5.73 Å². The maximum absolute atomic E-state index is 6.20. The molecule has 1 atom stereocenters. The second-order valence-corrected chi connectivity index (χ2v) is 4.89. The van der Waals surface area contributed by atoms with Crippen LogP contribution in [-0.2, 0) is 0 Å². The molecule has 0 aromatic heterocycles. The summed E-state index contributed by atoms with van der Waals surface area (Å²) in [5.41, 5.74) is 7.56. The van der Waals surface area contributed by atoms with Gasteiger partial charge in [0.05, 0.1) is 0 Å². The van der Waals surface area contributed by atoms with Crippen LogP contribution in [0.5, 0.6) is 0 Å². The fourth-order valence-electron chi connectivity index (χ4n) is 2.38. The van der Waals surface area contributed by atoms with Crippen molar-refractivity contribution in [2.75, 3.05) is 11.4 Å². The lowest BCUT2D eigenvalue weighted by Gasteiger charge is -2.48. The molecule has 2 heteroatoms. The SMILES string of the molecule is CC1(C)C(N)CCCN1c1ccccc1. The highest BCUT2D eigenvalue weighted by Crippen LogP contribution is 2.31. The number of nitrogens with two attached hydrogens (primary N) is 1. The summed E-state index contributed by atoms with van der Waals surface area (Å²) >= 11 is 0. The average Bonchev–Trinajstić information content (AvgIpc) is 2.23. The van der Waals surface area contributed by atoms with Crippen molar-refractivity contribution < 1.29 is 0 Å². The summed E-state index contributed by atoms with van der Waals surface area (Å²) in [4.78, 5) is 2.43. The molecule has 2 N–H and O–H groups in total. The molecule has 0 amide bonds. The number of hydrogen-bond acceptors (Lipinski definition) is 2. The Balaban J connectivity index is 2.28. The molecule has 0 spiro atoms. The van der Waals surface area contributed by atoms with E-state index in [2.05, 4.69) is 49.1 Å². The summed E-state index contributed by atoms with van der Waals surface area (Å²) in [7, 11) is 0. The van der Waals surface area contributed by atoms with E-state index in [0.717, 1.165) is 13.0 Å². The Morgan fingerprint density at radius 2 is 1.93 bits per heavy atom. The highest BCUT2D eigenvalue weighted by molar-refractivity contribution is 5.49. The Kier molecular flexibility index (Phi) is 2.70. The minimum absolute atomic E-state index is 0.0691. The molecule has 1 saturated heterocycles. The predicted octanol–water partition coefficient (Wildman–Crippen LogP) is 2.39. The lowest BCUT2D eigenvalue weighted by molar-refractivity contribution is 0.310. The third-order valence-corrected chi connectivity index (χ3v) is 3.57. The van der Waals surface area contributed by atoms with Crippen LogP contribution in [0.4, 0.5) is 5.69 Å². The van der Waals surface area contributed by atoms with E-state index < -0.39 is 0 Å². The zero-order chi connectivity index (χ0) is 10.9. The van der Waals surface area contributed by atoms with Crippen molar-refractivity contribution in [3.63, 3.8) is 0 Å². The molecule has 82 valence electrons. The standard InChI is InChI=1S/C13H20N2/c1-13(2)12(14)9-6-10-15(13)11-7-4-3-5-8-11/h3-5,7-8,12H,6,9-10,14H2,1-2H3.